The van der Waals surface area contributed by atoms with Crippen molar-refractivity contribution in [1.82, 2.24) is 15.5 Å². The molecule has 8 heteroatoms. The van der Waals surface area contributed by atoms with Gasteiger partial charge in [-0.05, 0) is 42.0 Å². The molecule has 0 fully saturated rings. The molecule has 0 bridgehead atoms. The van der Waals surface area contributed by atoms with Gasteiger partial charge in [0.1, 0.15) is 0 Å². The van der Waals surface area contributed by atoms with Crippen LogP contribution < -0.4 is 10.6 Å². The molecule has 0 aliphatic heterocycles. The van der Waals surface area contributed by atoms with Crippen molar-refractivity contribution >= 4 is 29.0 Å². The summed E-state index contributed by atoms with van der Waals surface area (Å²) < 4.78 is 26.1. The summed E-state index contributed by atoms with van der Waals surface area (Å²) in [7, 11) is 0. The first kappa shape index (κ1) is 17.8. The minimum Gasteiger partial charge on any atom is -0.347 e. The minimum atomic E-state index is -0.971. The van der Waals surface area contributed by atoms with E-state index in [4.69, 9.17) is 11.6 Å². The second-order valence-corrected chi connectivity index (χ2v) is 5.80. The number of amides is 1. The van der Waals surface area contributed by atoms with Gasteiger partial charge >= 0.3 is 0 Å². The SMILES string of the molecule is O=C(NCc1ccc(Cl)cc1)c1ccc(Nc2ccc(F)c(F)c2)nn1. The van der Waals surface area contributed by atoms with Gasteiger partial charge in [0, 0.05) is 23.3 Å². The highest BCUT2D eigenvalue weighted by molar-refractivity contribution is 6.30. The van der Waals surface area contributed by atoms with Crippen LogP contribution in [-0.2, 0) is 6.54 Å². The maximum atomic E-state index is 13.2. The van der Waals surface area contributed by atoms with E-state index < -0.39 is 11.6 Å². The molecule has 0 atom stereocenters. The second kappa shape index (κ2) is 7.88. The fourth-order valence-corrected chi connectivity index (χ4v) is 2.24. The van der Waals surface area contributed by atoms with E-state index in [9.17, 15) is 13.6 Å². The predicted octanol–water partition coefficient (Wildman–Crippen LogP) is 4.08. The van der Waals surface area contributed by atoms with Crippen molar-refractivity contribution in [2.45, 2.75) is 6.54 Å². The Morgan fingerprint density at radius 2 is 1.73 bits per heavy atom. The summed E-state index contributed by atoms with van der Waals surface area (Å²) in [6.07, 6.45) is 0. The molecule has 0 aliphatic carbocycles. The molecule has 0 saturated heterocycles. The van der Waals surface area contributed by atoms with Crippen molar-refractivity contribution in [1.29, 1.82) is 0 Å². The lowest BCUT2D eigenvalue weighted by Gasteiger charge is -2.07. The number of carbonyl (C=O) groups is 1. The minimum absolute atomic E-state index is 0.134. The Hall–Kier alpha value is -3.06. The van der Waals surface area contributed by atoms with Crippen LogP contribution in [-0.4, -0.2) is 16.1 Å². The van der Waals surface area contributed by atoms with E-state index in [0.29, 0.717) is 23.1 Å². The number of rotatable bonds is 5. The van der Waals surface area contributed by atoms with Crippen molar-refractivity contribution in [3.8, 4) is 0 Å². The number of nitrogens with zero attached hydrogens (tertiary/aromatic N) is 2. The Kier molecular flexibility index (Phi) is 5.38. The molecule has 5 nitrogen and oxygen atoms in total. The first-order chi connectivity index (χ1) is 12.5. The van der Waals surface area contributed by atoms with Gasteiger partial charge in [-0.3, -0.25) is 4.79 Å². The van der Waals surface area contributed by atoms with Gasteiger partial charge in [0.05, 0.1) is 0 Å². The van der Waals surface area contributed by atoms with E-state index in [2.05, 4.69) is 20.8 Å². The molecule has 0 spiro atoms. The topological polar surface area (TPSA) is 66.9 Å². The van der Waals surface area contributed by atoms with E-state index >= 15 is 0 Å². The molecule has 3 rings (SSSR count). The van der Waals surface area contributed by atoms with E-state index in [1.165, 1.54) is 18.2 Å². The molecule has 0 unspecified atom stereocenters. The van der Waals surface area contributed by atoms with Crippen LogP contribution in [0.5, 0.6) is 0 Å². The fraction of sp³-hybridized carbons (Fsp3) is 0.0556. The van der Waals surface area contributed by atoms with Crippen LogP contribution in [0.15, 0.2) is 54.6 Å². The standard InChI is InChI=1S/C18H13ClF2N4O/c19-12-3-1-11(2-4-12)10-22-18(26)16-7-8-17(25-24-16)23-13-5-6-14(20)15(21)9-13/h1-9H,10H2,(H,22,26)(H,23,25). The van der Waals surface area contributed by atoms with E-state index in [-0.39, 0.29) is 11.6 Å². The highest BCUT2D eigenvalue weighted by Gasteiger charge is 2.09. The number of hydrogen-bond donors (Lipinski definition) is 2. The van der Waals surface area contributed by atoms with Gasteiger partial charge in [-0.25, -0.2) is 8.78 Å². The summed E-state index contributed by atoms with van der Waals surface area (Å²) in [4.78, 5) is 12.1. The highest BCUT2D eigenvalue weighted by Crippen LogP contribution is 2.17. The van der Waals surface area contributed by atoms with Crippen molar-refractivity contribution in [2.24, 2.45) is 0 Å². The molecule has 0 radical (unpaired) electrons. The summed E-state index contributed by atoms with van der Waals surface area (Å²) in [5.74, 6) is -1.99. The molecule has 132 valence electrons. The summed E-state index contributed by atoms with van der Waals surface area (Å²) >= 11 is 5.81. The second-order valence-electron chi connectivity index (χ2n) is 5.37. The third kappa shape index (κ3) is 4.52. The number of halogens is 3. The van der Waals surface area contributed by atoms with Crippen LogP contribution >= 0.6 is 11.6 Å². The van der Waals surface area contributed by atoms with Gasteiger partial charge < -0.3 is 10.6 Å². The molecular formula is C18H13ClF2N4O. The molecule has 0 aliphatic rings. The molecule has 1 amide bonds. The molecule has 26 heavy (non-hydrogen) atoms. The van der Waals surface area contributed by atoms with Gasteiger partial charge in [-0.2, -0.15) is 0 Å². The monoisotopic (exact) mass is 374 g/mol. The number of aromatic nitrogens is 2. The van der Waals surface area contributed by atoms with Gasteiger partial charge in [0.2, 0.25) is 0 Å². The lowest BCUT2D eigenvalue weighted by Crippen LogP contribution is -2.24. The zero-order valence-corrected chi connectivity index (χ0v) is 14.1. The molecular weight excluding hydrogens is 362 g/mol. The van der Waals surface area contributed by atoms with Crippen LogP contribution in [0, 0.1) is 11.6 Å². The van der Waals surface area contributed by atoms with Crippen molar-refractivity contribution < 1.29 is 13.6 Å². The number of benzene rings is 2. The Morgan fingerprint density at radius 1 is 0.962 bits per heavy atom. The maximum absolute atomic E-state index is 13.2. The molecule has 3 aromatic rings. The predicted molar refractivity (Wildman–Crippen MR) is 94.3 cm³/mol. The third-order valence-corrected chi connectivity index (χ3v) is 3.71. The van der Waals surface area contributed by atoms with Crippen LogP contribution in [0.3, 0.4) is 0 Å². The van der Waals surface area contributed by atoms with Crippen molar-refractivity contribution in [3.05, 3.63) is 82.5 Å². The lowest BCUT2D eigenvalue weighted by atomic mass is 10.2. The normalized spacial score (nSPS) is 10.4. The molecule has 1 aromatic heterocycles. The molecule has 1 heterocycles. The van der Waals surface area contributed by atoms with Crippen LogP contribution in [0.4, 0.5) is 20.3 Å². The zero-order valence-electron chi connectivity index (χ0n) is 13.3. The van der Waals surface area contributed by atoms with Gasteiger partial charge in [0.25, 0.3) is 5.91 Å². The summed E-state index contributed by atoms with van der Waals surface area (Å²) in [6.45, 7) is 0.326. The Balaban J connectivity index is 1.60. The molecule has 0 saturated carbocycles. The van der Waals surface area contributed by atoms with Gasteiger partial charge in [-0.15, -0.1) is 10.2 Å². The number of nitrogens with one attached hydrogen (secondary N) is 2. The zero-order chi connectivity index (χ0) is 18.5. The van der Waals surface area contributed by atoms with Gasteiger partial charge in [0.15, 0.2) is 23.1 Å². The highest BCUT2D eigenvalue weighted by atomic mass is 35.5. The quantitative estimate of drug-likeness (QED) is 0.706. The first-order valence-corrected chi connectivity index (χ1v) is 7.97. The maximum Gasteiger partial charge on any atom is 0.272 e. The summed E-state index contributed by atoms with van der Waals surface area (Å²) in [5.41, 5.74) is 1.35. The third-order valence-electron chi connectivity index (χ3n) is 3.46. The van der Waals surface area contributed by atoms with Gasteiger partial charge in [-0.1, -0.05) is 23.7 Å². The Morgan fingerprint density at radius 3 is 2.38 bits per heavy atom. The number of hydrogen-bond acceptors (Lipinski definition) is 4. The van der Waals surface area contributed by atoms with E-state index in [1.807, 2.05) is 12.1 Å². The van der Waals surface area contributed by atoms with Crippen LogP contribution in [0.1, 0.15) is 16.1 Å². The van der Waals surface area contributed by atoms with E-state index in [1.54, 1.807) is 12.1 Å². The average Bonchev–Trinajstić information content (AvgIpc) is 2.65. The fourth-order valence-electron chi connectivity index (χ4n) is 2.12. The van der Waals surface area contributed by atoms with Crippen molar-refractivity contribution in [2.75, 3.05) is 5.32 Å². The van der Waals surface area contributed by atoms with Crippen molar-refractivity contribution in [3.63, 3.8) is 0 Å². The number of carbonyl (C=O) groups excluding carboxylic acids is 1. The summed E-state index contributed by atoms with van der Waals surface area (Å²) in [5, 5.41) is 13.8. The number of anilines is 2. The Labute approximate surface area is 153 Å². The lowest BCUT2D eigenvalue weighted by molar-refractivity contribution is 0.0945. The smallest absolute Gasteiger partial charge is 0.272 e. The van der Waals surface area contributed by atoms with Crippen LogP contribution in [0.2, 0.25) is 5.02 Å². The Bertz CT molecular complexity index is 917. The molecule has 2 aromatic carbocycles. The average molecular weight is 375 g/mol. The largest absolute Gasteiger partial charge is 0.347 e. The molecule has 2 N–H and O–H groups in total. The van der Waals surface area contributed by atoms with E-state index in [0.717, 1.165) is 17.7 Å². The summed E-state index contributed by atoms with van der Waals surface area (Å²) in [6, 6.07) is 13.5. The first-order valence-electron chi connectivity index (χ1n) is 7.60. The van der Waals surface area contributed by atoms with Crippen LogP contribution in [0.25, 0.3) is 0 Å².